The fourth-order valence-corrected chi connectivity index (χ4v) is 4.49. The summed E-state index contributed by atoms with van der Waals surface area (Å²) in [5.74, 6) is 1.45. The van der Waals surface area contributed by atoms with Crippen LogP contribution in [0.3, 0.4) is 0 Å². The average Bonchev–Trinajstić information content (AvgIpc) is 3.04. The van der Waals surface area contributed by atoms with Gasteiger partial charge in [0.05, 0.1) is 4.92 Å². The Morgan fingerprint density at radius 2 is 2.04 bits per heavy atom. The molecule has 1 aliphatic rings. The Bertz CT molecular complexity index is 770. The van der Waals surface area contributed by atoms with Gasteiger partial charge in [-0.1, -0.05) is 12.1 Å². The number of piperazine rings is 1. The average molecular weight is 386 g/mol. The Morgan fingerprint density at radius 3 is 2.75 bits per heavy atom. The number of para-hydroxylation sites is 2. The van der Waals surface area contributed by atoms with Crippen LogP contribution in [0, 0.1) is 10.1 Å². The standard InChI is InChI=1S/C14H16ClN5O2S2/c15-5-6-18-7-9-19(10-8-18)13-14(23-24-17-13)16-11-3-1-2-4-12(11)20(21)22/h1-4H,5-10H2. The van der Waals surface area contributed by atoms with E-state index in [0.29, 0.717) is 11.6 Å². The molecule has 7 nitrogen and oxygen atoms in total. The molecular weight excluding hydrogens is 370 g/mol. The summed E-state index contributed by atoms with van der Waals surface area (Å²) >= 11 is 5.79. The van der Waals surface area contributed by atoms with Crippen molar-refractivity contribution in [3.05, 3.63) is 39.1 Å². The van der Waals surface area contributed by atoms with Crippen LogP contribution in [0.25, 0.3) is 0 Å². The van der Waals surface area contributed by atoms with Crippen LogP contribution in [0.15, 0.2) is 29.3 Å². The summed E-state index contributed by atoms with van der Waals surface area (Å²) in [6.07, 6.45) is 0. The minimum atomic E-state index is -0.409. The van der Waals surface area contributed by atoms with Crippen molar-refractivity contribution in [2.24, 2.45) is 4.99 Å². The Balaban J connectivity index is 1.85. The second kappa shape index (κ2) is 8.02. The molecule has 1 aliphatic heterocycles. The third kappa shape index (κ3) is 3.92. The number of benzene rings is 1. The SMILES string of the molecule is O=[N+]([O-])c1ccccc1N=c1ssnc1N1CCN(CCCl)CC1. The molecule has 0 aliphatic carbocycles. The second-order valence-corrected chi connectivity index (χ2v) is 7.46. The molecule has 1 aromatic carbocycles. The molecule has 2 heterocycles. The molecule has 0 radical (unpaired) electrons. The zero-order valence-electron chi connectivity index (χ0n) is 12.8. The maximum Gasteiger partial charge on any atom is 0.294 e. The maximum absolute atomic E-state index is 11.1. The van der Waals surface area contributed by atoms with Gasteiger partial charge in [0.1, 0.15) is 5.69 Å². The summed E-state index contributed by atoms with van der Waals surface area (Å²) in [5.41, 5.74) is 0.370. The molecule has 0 amide bonds. The van der Waals surface area contributed by atoms with E-state index in [-0.39, 0.29) is 5.69 Å². The van der Waals surface area contributed by atoms with Crippen molar-refractivity contribution in [3.63, 3.8) is 0 Å². The van der Waals surface area contributed by atoms with Crippen LogP contribution in [0.1, 0.15) is 0 Å². The quantitative estimate of drug-likeness (QED) is 0.342. The van der Waals surface area contributed by atoms with Gasteiger partial charge in [0.25, 0.3) is 5.69 Å². The predicted molar refractivity (Wildman–Crippen MR) is 97.7 cm³/mol. The van der Waals surface area contributed by atoms with Crippen LogP contribution < -0.4 is 9.57 Å². The lowest BCUT2D eigenvalue weighted by Crippen LogP contribution is -2.48. The third-order valence-electron chi connectivity index (χ3n) is 3.80. The highest BCUT2D eigenvalue weighted by molar-refractivity contribution is 7.66. The topological polar surface area (TPSA) is 74.9 Å². The van der Waals surface area contributed by atoms with Gasteiger partial charge in [-0.2, -0.15) is 4.37 Å². The van der Waals surface area contributed by atoms with Crippen molar-refractivity contribution >= 4 is 49.7 Å². The molecule has 1 aromatic heterocycles. The first-order valence-corrected chi connectivity index (χ1v) is 10.1. The molecule has 0 N–H and O–H groups in total. The molecule has 0 atom stereocenters. The Morgan fingerprint density at radius 1 is 1.29 bits per heavy atom. The van der Waals surface area contributed by atoms with E-state index in [9.17, 15) is 10.1 Å². The summed E-state index contributed by atoms with van der Waals surface area (Å²) < 4.78 is 5.18. The lowest BCUT2D eigenvalue weighted by atomic mass is 10.3. The first-order valence-electron chi connectivity index (χ1n) is 7.46. The smallest absolute Gasteiger partial charge is 0.294 e. The fourth-order valence-electron chi connectivity index (χ4n) is 2.55. The highest BCUT2D eigenvalue weighted by Gasteiger charge is 2.20. The van der Waals surface area contributed by atoms with E-state index in [4.69, 9.17) is 11.6 Å². The Labute approximate surface area is 151 Å². The zero-order chi connectivity index (χ0) is 16.9. The summed E-state index contributed by atoms with van der Waals surface area (Å²) in [6, 6.07) is 6.52. The number of rotatable bonds is 5. The van der Waals surface area contributed by atoms with Crippen molar-refractivity contribution < 1.29 is 4.92 Å². The van der Waals surface area contributed by atoms with E-state index >= 15 is 0 Å². The highest BCUT2D eigenvalue weighted by Crippen LogP contribution is 2.26. The summed E-state index contributed by atoms with van der Waals surface area (Å²) in [4.78, 5) is 19.7. The number of nitrogens with zero attached hydrogens (tertiary/aromatic N) is 5. The van der Waals surface area contributed by atoms with Crippen LogP contribution in [0.4, 0.5) is 17.2 Å². The number of hydrogen-bond donors (Lipinski definition) is 0. The Hall–Kier alpha value is -1.55. The van der Waals surface area contributed by atoms with Gasteiger partial charge in [-0.25, -0.2) is 4.99 Å². The molecule has 1 saturated heterocycles. The van der Waals surface area contributed by atoms with Gasteiger partial charge in [-0.3, -0.25) is 15.0 Å². The summed E-state index contributed by atoms with van der Waals surface area (Å²) in [7, 11) is 2.79. The van der Waals surface area contributed by atoms with Crippen molar-refractivity contribution in [1.29, 1.82) is 0 Å². The van der Waals surface area contributed by atoms with Gasteiger partial charge < -0.3 is 4.90 Å². The largest absolute Gasteiger partial charge is 0.351 e. The van der Waals surface area contributed by atoms with Crippen molar-refractivity contribution in [3.8, 4) is 0 Å². The van der Waals surface area contributed by atoms with Gasteiger partial charge in [0.2, 0.25) is 0 Å². The molecule has 2 aromatic rings. The number of anilines is 1. The number of nitro groups is 1. The van der Waals surface area contributed by atoms with E-state index in [1.165, 1.54) is 26.9 Å². The third-order valence-corrected chi connectivity index (χ3v) is 5.65. The molecule has 0 spiro atoms. The van der Waals surface area contributed by atoms with Crippen LogP contribution in [0.5, 0.6) is 0 Å². The second-order valence-electron chi connectivity index (χ2n) is 5.25. The fraction of sp³-hybridized carbons (Fsp3) is 0.429. The van der Waals surface area contributed by atoms with Crippen LogP contribution in [0.2, 0.25) is 0 Å². The lowest BCUT2D eigenvalue weighted by Gasteiger charge is -2.34. The molecule has 10 heteroatoms. The minimum absolute atomic E-state index is 0.00813. The van der Waals surface area contributed by atoms with Gasteiger partial charge in [-0.15, -0.1) is 11.6 Å². The highest BCUT2D eigenvalue weighted by atomic mass is 35.5. The van der Waals surface area contributed by atoms with Crippen LogP contribution in [-0.2, 0) is 0 Å². The monoisotopic (exact) mass is 385 g/mol. The van der Waals surface area contributed by atoms with E-state index in [1.54, 1.807) is 18.2 Å². The summed E-state index contributed by atoms with van der Waals surface area (Å²) in [6.45, 7) is 4.46. The lowest BCUT2D eigenvalue weighted by molar-refractivity contribution is -0.384. The number of halogens is 1. The van der Waals surface area contributed by atoms with E-state index < -0.39 is 4.92 Å². The minimum Gasteiger partial charge on any atom is -0.351 e. The van der Waals surface area contributed by atoms with E-state index in [0.717, 1.165) is 43.2 Å². The van der Waals surface area contributed by atoms with E-state index in [2.05, 4.69) is 19.2 Å². The number of hydrogen-bond acceptors (Lipinski definition) is 8. The molecule has 0 bridgehead atoms. The van der Waals surface area contributed by atoms with Crippen molar-refractivity contribution in [1.82, 2.24) is 9.27 Å². The molecule has 0 unspecified atom stereocenters. The van der Waals surface area contributed by atoms with Crippen LogP contribution in [-0.4, -0.2) is 52.8 Å². The van der Waals surface area contributed by atoms with E-state index in [1.807, 2.05) is 0 Å². The van der Waals surface area contributed by atoms with Gasteiger partial charge in [0.15, 0.2) is 10.5 Å². The summed E-state index contributed by atoms with van der Waals surface area (Å²) in [5, 5.41) is 11.1. The van der Waals surface area contributed by atoms with Gasteiger partial charge >= 0.3 is 0 Å². The number of nitro benzene ring substituents is 1. The molecule has 0 saturated carbocycles. The Kier molecular flexibility index (Phi) is 5.77. The molecule has 128 valence electrons. The molecule has 24 heavy (non-hydrogen) atoms. The predicted octanol–water partition coefficient (Wildman–Crippen LogP) is 2.71. The molecule has 1 fully saturated rings. The molecular formula is C14H16ClN5O2S2. The number of aromatic nitrogens is 1. The first kappa shape index (κ1) is 17.3. The van der Waals surface area contributed by atoms with Crippen molar-refractivity contribution in [2.75, 3.05) is 43.5 Å². The first-order chi connectivity index (χ1) is 11.7. The van der Waals surface area contributed by atoms with Crippen LogP contribution >= 0.6 is 32.5 Å². The molecule has 3 rings (SSSR count). The van der Waals surface area contributed by atoms with Gasteiger partial charge in [-0.05, 0) is 16.4 Å². The number of alkyl halides is 1. The van der Waals surface area contributed by atoms with Gasteiger partial charge in [0, 0.05) is 55.2 Å². The maximum atomic E-state index is 11.1. The normalized spacial score (nSPS) is 16.5. The zero-order valence-corrected chi connectivity index (χ0v) is 15.2. The van der Waals surface area contributed by atoms with Crippen molar-refractivity contribution in [2.45, 2.75) is 0 Å².